The van der Waals surface area contributed by atoms with Crippen molar-refractivity contribution in [1.82, 2.24) is 19.8 Å². The topological polar surface area (TPSA) is 52.2 Å². The molecule has 2 fully saturated rings. The molecular weight excluding hydrogens is 360 g/mol. The van der Waals surface area contributed by atoms with Gasteiger partial charge < -0.3 is 4.98 Å². The van der Waals surface area contributed by atoms with Gasteiger partial charge in [0, 0.05) is 18.6 Å². The fraction of sp³-hybridized carbons (Fsp3) is 0.417. The Labute approximate surface area is 171 Å². The molecule has 2 unspecified atom stereocenters. The van der Waals surface area contributed by atoms with Crippen molar-refractivity contribution in [3.63, 3.8) is 0 Å². The van der Waals surface area contributed by atoms with E-state index in [9.17, 15) is 4.79 Å². The van der Waals surface area contributed by atoms with Crippen LogP contribution in [0.15, 0.2) is 59.4 Å². The molecule has 1 aromatic heterocycles. The number of H-pyrrole nitrogens is 1. The maximum Gasteiger partial charge on any atom is 0.258 e. The molecule has 29 heavy (non-hydrogen) atoms. The van der Waals surface area contributed by atoms with Gasteiger partial charge in [-0.05, 0) is 56.5 Å². The van der Waals surface area contributed by atoms with Gasteiger partial charge in [0.2, 0.25) is 0 Å². The first-order valence-corrected chi connectivity index (χ1v) is 10.8. The predicted molar refractivity (Wildman–Crippen MR) is 116 cm³/mol. The zero-order valence-corrected chi connectivity index (χ0v) is 16.8. The van der Waals surface area contributed by atoms with Crippen LogP contribution in [0.3, 0.4) is 0 Å². The number of aromatic nitrogens is 2. The van der Waals surface area contributed by atoms with Crippen molar-refractivity contribution in [2.24, 2.45) is 0 Å². The summed E-state index contributed by atoms with van der Waals surface area (Å²) in [5, 5.41) is 0.666. The third-order valence-corrected chi connectivity index (χ3v) is 6.52. The molecule has 2 aromatic carbocycles. The van der Waals surface area contributed by atoms with Crippen molar-refractivity contribution in [2.45, 2.75) is 50.9 Å². The minimum absolute atomic E-state index is 0.0343. The van der Waals surface area contributed by atoms with Gasteiger partial charge in [-0.25, -0.2) is 4.98 Å². The maximum atomic E-state index is 12.4. The number of rotatable bonds is 5. The van der Waals surface area contributed by atoms with Crippen LogP contribution in [0.4, 0.5) is 0 Å². The number of aromatic amines is 1. The largest absolute Gasteiger partial charge is 0.309 e. The van der Waals surface area contributed by atoms with Gasteiger partial charge in [0.25, 0.3) is 5.56 Å². The molecule has 5 rings (SSSR count). The summed E-state index contributed by atoms with van der Waals surface area (Å²) in [7, 11) is 0. The van der Waals surface area contributed by atoms with E-state index in [1.54, 1.807) is 0 Å². The van der Waals surface area contributed by atoms with Gasteiger partial charge >= 0.3 is 0 Å². The second-order valence-corrected chi connectivity index (χ2v) is 8.38. The number of nitrogens with zero attached hydrogens (tertiary/aromatic N) is 3. The molecule has 2 aliphatic rings. The van der Waals surface area contributed by atoms with Crippen LogP contribution in [-0.4, -0.2) is 44.9 Å². The molecule has 150 valence electrons. The maximum absolute atomic E-state index is 12.4. The molecule has 5 heteroatoms. The molecule has 0 spiro atoms. The van der Waals surface area contributed by atoms with Gasteiger partial charge in [-0.2, -0.15) is 0 Å². The van der Waals surface area contributed by atoms with E-state index in [1.165, 1.54) is 37.8 Å². The standard InChI is InChI=1S/C24H28N4O/c29-24-19-10-4-5-11-20(19)25-23(26-24)17-28-15-7-13-22(28)21-12-6-14-27(21)16-18-8-2-1-3-9-18/h1-5,8-11,21-22H,6-7,12-17H2,(H,25,26,29). The summed E-state index contributed by atoms with van der Waals surface area (Å²) in [6.07, 6.45) is 4.98. The second kappa shape index (κ2) is 8.09. The molecule has 1 N–H and O–H groups in total. The van der Waals surface area contributed by atoms with E-state index in [1.807, 2.05) is 24.3 Å². The fourth-order valence-electron chi connectivity index (χ4n) is 5.19. The average Bonchev–Trinajstić information content (AvgIpc) is 3.38. The molecule has 2 saturated heterocycles. The van der Waals surface area contributed by atoms with Crippen LogP contribution in [0.2, 0.25) is 0 Å². The van der Waals surface area contributed by atoms with E-state index in [-0.39, 0.29) is 5.56 Å². The third kappa shape index (κ3) is 3.85. The van der Waals surface area contributed by atoms with Gasteiger partial charge in [-0.1, -0.05) is 42.5 Å². The second-order valence-electron chi connectivity index (χ2n) is 8.38. The van der Waals surface area contributed by atoms with Gasteiger partial charge in [0.1, 0.15) is 5.82 Å². The smallest absolute Gasteiger partial charge is 0.258 e. The first-order valence-electron chi connectivity index (χ1n) is 10.8. The Morgan fingerprint density at radius 3 is 2.28 bits per heavy atom. The van der Waals surface area contributed by atoms with Crippen LogP contribution in [-0.2, 0) is 13.1 Å². The number of nitrogens with one attached hydrogen (secondary N) is 1. The normalized spacial score (nSPS) is 23.2. The van der Waals surface area contributed by atoms with E-state index >= 15 is 0 Å². The molecular formula is C24H28N4O. The number of hydrogen-bond acceptors (Lipinski definition) is 4. The predicted octanol–water partition coefficient (Wildman–Crippen LogP) is 3.55. The van der Waals surface area contributed by atoms with Crippen LogP contribution in [0.5, 0.6) is 0 Å². The first kappa shape index (κ1) is 18.5. The number of fused-ring (bicyclic) bond motifs is 1. The Bertz CT molecular complexity index is 1030. The van der Waals surface area contributed by atoms with Crippen molar-refractivity contribution in [2.75, 3.05) is 13.1 Å². The monoisotopic (exact) mass is 388 g/mol. The molecule has 0 saturated carbocycles. The Kier molecular flexibility index (Phi) is 5.17. The highest BCUT2D eigenvalue weighted by atomic mass is 16.1. The Morgan fingerprint density at radius 1 is 0.862 bits per heavy atom. The molecule has 2 atom stereocenters. The molecule has 3 aromatic rings. The van der Waals surface area contributed by atoms with Crippen LogP contribution in [0, 0.1) is 0 Å². The number of hydrogen-bond donors (Lipinski definition) is 1. The van der Waals surface area contributed by atoms with E-state index in [4.69, 9.17) is 4.98 Å². The molecule has 0 aliphatic carbocycles. The summed E-state index contributed by atoms with van der Waals surface area (Å²) < 4.78 is 0. The van der Waals surface area contributed by atoms with Crippen molar-refractivity contribution >= 4 is 10.9 Å². The summed E-state index contributed by atoms with van der Waals surface area (Å²) >= 11 is 0. The zero-order chi connectivity index (χ0) is 19.6. The van der Waals surface area contributed by atoms with Crippen molar-refractivity contribution in [3.05, 3.63) is 76.3 Å². The van der Waals surface area contributed by atoms with Crippen molar-refractivity contribution in [1.29, 1.82) is 0 Å². The lowest BCUT2D eigenvalue weighted by Gasteiger charge is -2.35. The third-order valence-electron chi connectivity index (χ3n) is 6.52. The Hall–Kier alpha value is -2.50. The Morgan fingerprint density at radius 2 is 1.52 bits per heavy atom. The lowest BCUT2D eigenvalue weighted by molar-refractivity contribution is 0.122. The highest BCUT2D eigenvalue weighted by Gasteiger charge is 2.37. The molecule has 5 nitrogen and oxygen atoms in total. The van der Waals surface area contributed by atoms with Crippen LogP contribution in [0.1, 0.15) is 37.1 Å². The van der Waals surface area contributed by atoms with Crippen LogP contribution in [0.25, 0.3) is 10.9 Å². The summed E-state index contributed by atoms with van der Waals surface area (Å²) in [5.74, 6) is 0.785. The summed E-state index contributed by atoms with van der Waals surface area (Å²) in [5.41, 5.74) is 2.14. The lowest BCUT2D eigenvalue weighted by Crippen LogP contribution is -2.45. The fourth-order valence-corrected chi connectivity index (χ4v) is 5.19. The van der Waals surface area contributed by atoms with Crippen molar-refractivity contribution < 1.29 is 0 Å². The Balaban J connectivity index is 1.34. The average molecular weight is 389 g/mol. The molecule has 0 radical (unpaired) electrons. The highest BCUT2D eigenvalue weighted by Crippen LogP contribution is 2.31. The minimum Gasteiger partial charge on any atom is -0.309 e. The molecule has 0 amide bonds. The van der Waals surface area contributed by atoms with E-state index in [0.717, 1.165) is 31.0 Å². The highest BCUT2D eigenvalue weighted by molar-refractivity contribution is 5.77. The minimum atomic E-state index is -0.0343. The summed E-state index contributed by atoms with van der Waals surface area (Å²) in [6, 6.07) is 19.5. The van der Waals surface area contributed by atoms with Gasteiger partial charge in [-0.15, -0.1) is 0 Å². The molecule has 2 aliphatic heterocycles. The van der Waals surface area contributed by atoms with Gasteiger partial charge in [0.15, 0.2) is 0 Å². The van der Waals surface area contributed by atoms with E-state index in [0.29, 0.717) is 17.5 Å². The molecule has 3 heterocycles. The number of benzene rings is 2. The SMILES string of the molecule is O=c1[nH]c(CN2CCCC2C2CCCN2Cc2ccccc2)nc2ccccc12. The van der Waals surface area contributed by atoms with Gasteiger partial charge in [-0.3, -0.25) is 14.6 Å². The van der Waals surface area contributed by atoms with E-state index < -0.39 is 0 Å². The summed E-state index contributed by atoms with van der Waals surface area (Å²) in [6.45, 7) is 4.01. The first-order chi connectivity index (χ1) is 14.3. The quantitative estimate of drug-likeness (QED) is 0.726. The number of para-hydroxylation sites is 1. The summed E-state index contributed by atoms with van der Waals surface area (Å²) in [4.78, 5) is 25.4. The zero-order valence-electron chi connectivity index (χ0n) is 16.8. The lowest BCUT2D eigenvalue weighted by atomic mass is 10.0. The molecule has 0 bridgehead atoms. The van der Waals surface area contributed by atoms with Crippen LogP contribution >= 0.6 is 0 Å². The van der Waals surface area contributed by atoms with Crippen LogP contribution < -0.4 is 5.56 Å². The number of likely N-dealkylation sites (tertiary alicyclic amines) is 2. The van der Waals surface area contributed by atoms with Crippen molar-refractivity contribution in [3.8, 4) is 0 Å². The van der Waals surface area contributed by atoms with E-state index in [2.05, 4.69) is 45.1 Å². The van der Waals surface area contributed by atoms with Gasteiger partial charge in [0.05, 0.1) is 17.4 Å².